The second-order valence-electron chi connectivity index (χ2n) is 9.76. The number of benzene rings is 1. The minimum atomic E-state index is -0.109. The number of hydrogen-bond donors (Lipinski definition) is 2. The summed E-state index contributed by atoms with van der Waals surface area (Å²) in [4.78, 5) is 24.1. The van der Waals surface area contributed by atoms with Crippen LogP contribution >= 0.6 is 0 Å². The molecule has 0 radical (unpaired) electrons. The first-order chi connectivity index (χ1) is 16.7. The zero-order chi connectivity index (χ0) is 23.6. The summed E-state index contributed by atoms with van der Waals surface area (Å²) in [6.45, 7) is 12.1. The molecule has 4 rings (SSSR count). The van der Waals surface area contributed by atoms with Gasteiger partial charge in [-0.3, -0.25) is 4.90 Å². The molecule has 0 aliphatic carbocycles. The first-order valence-electron chi connectivity index (χ1n) is 12.9. The van der Waals surface area contributed by atoms with Crippen molar-refractivity contribution in [3.05, 3.63) is 59.8 Å². The molecule has 2 fully saturated rings. The highest BCUT2D eigenvalue weighted by Gasteiger charge is 2.17. The predicted molar refractivity (Wildman–Crippen MR) is 138 cm³/mol. The average molecular weight is 465 g/mol. The van der Waals surface area contributed by atoms with Gasteiger partial charge in [-0.25, -0.2) is 9.78 Å². The first-order valence-corrected chi connectivity index (χ1v) is 12.9. The van der Waals surface area contributed by atoms with Crippen molar-refractivity contribution in [3.8, 4) is 0 Å². The van der Waals surface area contributed by atoms with E-state index in [2.05, 4.69) is 79.7 Å². The maximum atomic E-state index is 12.2. The number of nitrogens with one attached hydrogen (secondary N) is 2. The molecule has 0 bridgehead atoms. The Morgan fingerprint density at radius 3 is 2.35 bits per heavy atom. The maximum absolute atomic E-state index is 12.2. The van der Waals surface area contributed by atoms with Crippen LogP contribution in [0.2, 0.25) is 0 Å². The normalized spacial score (nSPS) is 18.1. The van der Waals surface area contributed by atoms with E-state index in [4.69, 9.17) is 0 Å². The van der Waals surface area contributed by atoms with Crippen molar-refractivity contribution in [3.63, 3.8) is 0 Å². The summed E-state index contributed by atoms with van der Waals surface area (Å²) in [5.74, 6) is 1.86. The van der Waals surface area contributed by atoms with Gasteiger partial charge in [0.15, 0.2) is 0 Å². The molecular formula is C27H40N6O. The third kappa shape index (κ3) is 7.71. The number of urea groups is 1. The number of piperidine rings is 1. The molecule has 2 saturated heterocycles. The Morgan fingerprint density at radius 1 is 0.912 bits per heavy atom. The summed E-state index contributed by atoms with van der Waals surface area (Å²) < 4.78 is 0. The lowest BCUT2D eigenvalue weighted by Crippen LogP contribution is -2.46. The van der Waals surface area contributed by atoms with Crippen LogP contribution in [0.25, 0.3) is 0 Å². The van der Waals surface area contributed by atoms with Crippen molar-refractivity contribution in [1.29, 1.82) is 0 Å². The number of amides is 2. The van der Waals surface area contributed by atoms with Gasteiger partial charge >= 0.3 is 6.03 Å². The van der Waals surface area contributed by atoms with Crippen molar-refractivity contribution in [2.24, 2.45) is 5.92 Å². The molecule has 2 aromatic rings. The number of aromatic nitrogens is 1. The number of anilines is 1. The van der Waals surface area contributed by atoms with Crippen molar-refractivity contribution in [2.75, 3.05) is 57.3 Å². The van der Waals surface area contributed by atoms with Gasteiger partial charge in [0.05, 0.1) is 0 Å². The number of hydrogen-bond acceptors (Lipinski definition) is 5. The fraction of sp³-hybridized carbons (Fsp3) is 0.556. The largest absolute Gasteiger partial charge is 0.357 e. The SMILES string of the molecule is CC1CCN(c2ccc(CNC(=O)NCCCN3CCN(Cc4ccccc4)CC3)cn2)CC1. The van der Waals surface area contributed by atoms with Crippen LogP contribution in [0.3, 0.4) is 0 Å². The molecule has 7 nitrogen and oxygen atoms in total. The van der Waals surface area contributed by atoms with Crippen molar-refractivity contribution < 1.29 is 4.79 Å². The standard InChI is InChI=1S/C27H40N6O/c1-23-10-14-33(15-11-23)26-9-8-25(20-29-26)21-30-27(34)28-12-5-13-31-16-18-32(19-17-31)22-24-6-3-2-4-7-24/h2-4,6-9,20,23H,5,10-19,21-22H2,1H3,(H2,28,30,34). The zero-order valence-corrected chi connectivity index (χ0v) is 20.6. The Kier molecular flexibility index (Phi) is 9.16. The molecule has 1 aromatic carbocycles. The Hall–Kier alpha value is -2.64. The maximum Gasteiger partial charge on any atom is 0.315 e. The van der Waals surface area contributed by atoms with Crippen LogP contribution in [-0.4, -0.2) is 73.2 Å². The summed E-state index contributed by atoms with van der Waals surface area (Å²) in [6.07, 6.45) is 5.31. The third-order valence-corrected chi connectivity index (χ3v) is 7.02. The summed E-state index contributed by atoms with van der Waals surface area (Å²) in [5.41, 5.74) is 2.41. The van der Waals surface area contributed by atoms with Crippen molar-refractivity contribution >= 4 is 11.8 Å². The van der Waals surface area contributed by atoms with Crippen LogP contribution in [0.4, 0.5) is 10.6 Å². The van der Waals surface area contributed by atoms with E-state index in [0.29, 0.717) is 13.1 Å². The minimum absolute atomic E-state index is 0.109. The number of pyridine rings is 1. The fourth-order valence-corrected chi connectivity index (χ4v) is 4.71. The molecule has 3 heterocycles. The van der Waals surface area contributed by atoms with Gasteiger partial charge in [-0.1, -0.05) is 43.3 Å². The second-order valence-corrected chi connectivity index (χ2v) is 9.76. The molecule has 1 aromatic heterocycles. The molecule has 0 atom stereocenters. The zero-order valence-electron chi connectivity index (χ0n) is 20.6. The van der Waals surface area contributed by atoms with E-state index in [1.807, 2.05) is 6.20 Å². The molecule has 0 unspecified atom stereocenters. The Bertz CT molecular complexity index is 858. The predicted octanol–water partition coefficient (Wildman–Crippen LogP) is 3.33. The number of carbonyl (C=O) groups excluding carboxylic acids is 1. The van der Waals surface area contributed by atoms with Crippen LogP contribution in [0, 0.1) is 5.92 Å². The quantitative estimate of drug-likeness (QED) is 0.558. The van der Waals surface area contributed by atoms with Gasteiger partial charge < -0.3 is 20.4 Å². The Labute approximate surface area is 204 Å². The lowest BCUT2D eigenvalue weighted by molar-refractivity contribution is 0.126. The van der Waals surface area contributed by atoms with E-state index in [1.54, 1.807) is 0 Å². The highest BCUT2D eigenvalue weighted by Crippen LogP contribution is 2.21. The second kappa shape index (κ2) is 12.7. The van der Waals surface area contributed by atoms with E-state index in [1.165, 1.54) is 18.4 Å². The smallest absolute Gasteiger partial charge is 0.315 e. The summed E-state index contributed by atoms with van der Waals surface area (Å²) >= 11 is 0. The Morgan fingerprint density at radius 2 is 1.65 bits per heavy atom. The molecule has 2 aliphatic heterocycles. The van der Waals surface area contributed by atoms with Crippen LogP contribution in [0.15, 0.2) is 48.7 Å². The van der Waals surface area contributed by atoms with E-state index in [0.717, 1.165) is 76.1 Å². The highest BCUT2D eigenvalue weighted by atomic mass is 16.2. The third-order valence-electron chi connectivity index (χ3n) is 7.02. The van der Waals surface area contributed by atoms with Crippen LogP contribution in [0.1, 0.15) is 37.3 Å². The van der Waals surface area contributed by atoms with E-state index in [9.17, 15) is 4.79 Å². The summed E-state index contributed by atoms with van der Waals surface area (Å²) in [6, 6.07) is 14.7. The van der Waals surface area contributed by atoms with Gasteiger partial charge in [0.25, 0.3) is 0 Å². The van der Waals surface area contributed by atoms with E-state index < -0.39 is 0 Å². The molecule has 0 spiro atoms. The molecular weight excluding hydrogens is 424 g/mol. The lowest BCUT2D eigenvalue weighted by Gasteiger charge is -2.34. The number of rotatable bonds is 9. The fourth-order valence-electron chi connectivity index (χ4n) is 4.71. The van der Waals surface area contributed by atoms with Gasteiger partial charge in [0.1, 0.15) is 5.82 Å². The monoisotopic (exact) mass is 464 g/mol. The summed E-state index contributed by atoms with van der Waals surface area (Å²) in [7, 11) is 0. The molecule has 184 valence electrons. The van der Waals surface area contributed by atoms with Gasteiger partial charge in [0, 0.05) is 65.1 Å². The van der Waals surface area contributed by atoms with E-state index >= 15 is 0 Å². The molecule has 2 aliphatic rings. The van der Waals surface area contributed by atoms with Gasteiger partial charge in [0.2, 0.25) is 0 Å². The van der Waals surface area contributed by atoms with E-state index in [-0.39, 0.29) is 6.03 Å². The lowest BCUT2D eigenvalue weighted by atomic mass is 9.99. The molecule has 2 N–H and O–H groups in total. The highest BCUT2D eigenvalue weighted by molar-refractivity contribution is 5.73. The van der Waals surface area contributed by atoms with Crippen LogP contribution < -0.4 is 15.5 Å². The van der Waals surface area contributed by atoms with Crippen molar-refractivity contribution in [1.82, 2.24) is 25.4 Å². The topological polar surface area (TPSA) is 63.7 Å². The number of carbonyl (C=O) groups is 1. The molecule has 7 heteroatoms. The molecule has 0 saturated carbocycles. The van der Waals surface area contributed by atoms with Crippen LogP contribution in [-0.2, 0) is 13.1 Å². The molecule has 34 heavy (non-hydrogen) atoms. The van der Waals surface area contributed by atoms with Gasteiger partial charge in [-0.05, 0) is 48.9 Å². The Balaban J connectivity index is 1.05. The van der Waals surface area contributed by atoms with Gasteiger partial charge in [-0.15, -0.1) is 0 Å². The average Bonchev–Trinajstić information content (AvgIpc) is 2.88. The first kappa shape index (κ1) is 24.5. The summed E-state index contributed by atoms with van der Waals surface area (Å²) in [5, 5.41) is 5.93. The molecule has 2 amide bonds. The minimum Gasteiger partial charge on any atom is -0.357 e. The van der Waals surface area contributed by atoms with Crippen molar-refractivity contribution in [2.45, 2.75) is 39.3 Å². The number of nitrogens with zero attached hydrogens (tertiary/aromatic N) is 4. The van der Waals surface area contributed by atoms with Crippen LogP contribution in [0.5, 0.6) is 0 Å². The van der Waals surface area contributed by atoms with Gasteiger partial charge in [-0.2, -0.15) is 0 Å². The number of piperazine rings is 1.